The van der Waals surface area contributed by atoms with E-state index in [9.17, 15) is 9.59 Å². The molecule has 4 N–H and O–H groups in total. The first kappa shape index (κ1) is 19.7. The molecule has 2 amide bonds. The predicted octanol–water partition coefficient (Wildman–Crippen LogP) is 3.95. The predicted molar refractivity (Wildman–Crippen MR) is 106 cm³/mol. The zero-order chi connectivity index (χ0) is 19.2. The van der Waals surface area contributed by atoms with E-state index in [1.807, 2.05) is 57.2 Å². The van der Waals surface area contributed by atoms with Crippen LogP contribution in [0, 0.1) is 12.3 Å². The highest BCUT2D eigenvalue weighted by atomic mass is 16.2. The molecule has 0 fully saturated rings. The number of carbonyl (C=O) groups is 2. The summed E-state index contributed by atoms with van der Waals surface area (Å²) in [6, 6.07) is 14.5. The molecule has 0 aliphatic rings. The summed E-state index contributed by atoms with van der Waals surface area (Å²) in [5, 5.41) is 5.89. The molecule has 5 nitrogen and oxygen atoms in total. The minimum absolute atomic E-state index is 0.0837. The van der Waals surface area contributed by atoms with Gasteiger partial charge in [-0.25, -0.2) is 0 Å². The van der Waals surface area contributed by atoms with E-state index in [1.54, 1.807) is 12.1 Å². The molecule has 138 valence electrons. The molecule has 0 saturated carbocycles. The second-order valence-electron chi connectivity index (χ2n) is 6.44. The lowest BCUT2D eigenvalue weighted by molar-refractivity contribution is -0.125. The van der Waals surface area contributed by atoms with Crippen molar-refractivity contribution in [1.82, 2.24) is 0 Å². The van der Waals surface area contributed by atoms with Gasteiger partial charge in [0.15, 0.2) is 0 Å². The van der Waals surface area contributed by atoms with Crippen LogP contribution in [0.1, 0.15) is 42.6 Å². The van der Waals surface area contributed by atoms with Gasteiger partial charge in [0.2, 0.25) is 5.91 Å². The number of carbonyl (C=O) groups excluding carboxylic acids is 2. The van der Waals surface area contributed by atoms with Crippen molar-refractivity contribution in [2.75, 3.05) is 17.2 Å². The second kappa shape index (κ2) is 8.63. The smallest absolute Gasteiger partial charge is 0.255 e. The molecule has 2 rings (SSSR count). The average molecular weight is 353 g/mol. The van der Waals surface area contributed by atoms with Crippen molar-refractivity contribution in [3.8, 4) is 0 Å². The fourth-order valence-electron chi connectivity index (χ4n) is 2.90. The van der Waals surface area contributed by atoms with Crippen molar-refractivity contribution in [3.63, 3.8) is 0 Å². The van der Waals surface area contributed by atoms with Gasteiger partial charge in [-0.05, 0) is 49.6 Å². The van der Waals surface area contributed by atoms with Gasteiger partial charge in [-0.3, -0.25) is 9.59 Å². The standard InChI is InChI=1S/C21H27N3O2/c1-4-21(5-2,14-22)20(26)24-18-13-9-12-17(15(18)3)23-19(25)16-10-7-6-8-11-16/h6-13H,4-5,14,22H2,1-3H3,(H,23,25)(H,24,26). The van der Waals surface area contributed by atoms with E-state index in [2.05, 4.69) is 10.6 Å². The topological polar surface area (TPSA) is 84.2 Å². The molecule has 0 radical (unpaired) electrons. The maximum absolute atomic E-state index is 12.8. The summed E-state index contributed by atoms with van der Waals surface area (Å²) in [5.74, 6) is -0.268. The maximum atomic E-state index is 12.8. The minimum Gasteiger partial charge on any atom is -0.329 e. The summed E-state index contributed by atoms with van der Waals surface area (Å²) in [6.45, 7) is 6.12. The molecule has 0 atom stereocenters. The summed E-state index contributed by atoms with van der Waals surface area (Å²) in [5.41, 5.74) is 8.03. The van der Waals surface area contributed by atoms with Crippen LogP contribution < -0.4 is 16.4 Å². The number of hydrogen-bond donors (Lipinski definition) is 3. The molecule has 0 aromatic heterocycles. The van der Waals surface area contributed by atoms with Crippen LogP contribution in [0.25, 0.3) is 0 Å². The number of amides is 2. The molecule has 0 bridgehead atoms. The Morgan fingerprint density at radius 1 is 0.923 bits per heavy atom. The highest BCUT2D eigenvalue weighted by Gasteiger charge is 2.33. The second-order valence-corrected chi connectivity index (χ2v) is 6.44. The Balaban J connectivity index is 2.21. The van der Waals surface area contributed by atoms with Gasteiger partial charge < -0.3 is 16.4 Å². The Bertz CT molecular complexity index is 760. The zero-order valence-electron chi connectivity index (χ0n) is 15.6. The molecule has 0 aliphatic carbocycles. The minimum atomic E-state index is -0.574. The van der Waals surface area contributed by atoms with Gasteiger partial charge in [0.05, 0.1) is 5.41 Å². The quantitative estimate of drug-likeness (QED) is 0.704. The lowest BCUT2D eigenvalue weighted by atomic mass is 9.81. The van der Waals surface area contributed by atoms with E-state index in [-0.39, 0.29) is 11.8 Å². The number of rotatable bonds is 7. The lowest BCUT2D eigenvalue weighted by Crippen LogP contribution is -2.41. The Hall–Kier alpha value is -2.66. The van der Waals surface area contributed by atoms with Gasteiger partial charge in [-0.1, -0.05) is 38.1 Å². The number of anilines is 2. The highest BCUT2D eigenvalue weighted by Crippen LogP contribution is 2.29. The third kappa shape index (κ3) is 4.11. The van der Waals surface area contributed by atoms with Gasteiger partial charge in [0, 0.05) is 23.5 Å². The Morgan fingerprint density at radius 2 is 1.50 bits per heavy atom. The zero-order valence-corrected chi connectivity index (χ0v) is 15.6. The molecule has 0 heterocycles. The SMILES string of the molecule is CCC(CC)(CN)C(=O)Nc1cccc(NC(=O)c2ccccc2)c1C. The first-order chi connectivity index (χ1) is 12.5. The van der Waals surface area contributed by atoms with E-state index in [1.165, 1.54) is 0 Å². The van der Waals surface area contributed by atoms with Crippen LogP contribution in [0.5, 0.6) is 0 Å². The molecule has 26 heavy (non-hydrogen) atoms. The van der Waals surface area contributed by atoms with E-state index in [0.717, 1.165) is 5.56 Å². The van der Waals surface area contributed by atoms with Crippen molar-refractivity contribution in [2.24, 2.45) is 11.1 Å². The van der Waals surface area contributed by atoms with Crippen LogP contribution >= 0.6 is 0 Å². The van der Waals surface area contributed by atoms with E-state index < -0.39 is 5.41 Å². The fourth-order valence-corrected chi connectivity index (χ4v) is 2.90. The van der Waals surface area contributed by atoms with Crippen LogP contribution in [0.15, 0.2) is 48.5 Å². The number of hydrogen-bond acceptors (Lipinski definition) is 3. The summed E-state index contributed by atoms with van der Waals surface area (Å²) in [4.78, 5) is 25.1. The molecular formula is C21H27N3O2. The van der Waals surface area contributed by atoms with Crippen molar-refractivity contribution in [1.29, 1.82) is 0 Å². The van der Waals surface area contributed by atoms with Crippen molar-refractivity contribution in [3.05, 3.63) is 59.7 Å². The van der Waals surface area contributed by atoms with E-state index in [4.69, 9.17) is 5.73 Å². The molecule has 2 aromatic rings. The normalized spacial score (nSPS) is 11.1. The molecule has 0 saturated heterocycles. The molecule has 0 unspecified atom stereocenters. The van der Waals surface area contributed by atoms with Crippen LogP contribution in [0.2, 0.25) is 0 Å². The van der Waals surface area contributed by atoms with Crippen molar-refractivity contribution >= 4 is 23.2 Å². The molecule has 0 spiro atoms. The van der Waals surface area contributed by atoms with E-state index in [0.29, 0.717) is 36.3 Å². The molecule has 2 aromatic carbocycles. The third-order valence-electron chi connectivity index (χ3n) is 5.09. The largest absolute Gasteiger partial charge is 0.329 e. The Labute approximate surface area is 155 Å². The van der Waals surface area contributed by atoms with Crippen molar-refractivity contribution in [2.45, 2.75) is 33.6 Å². The fraction of sp³-hybridized carbons (Fsp3) is 0.333. The van der Waals surface area contributed by atoms with E-state index >= 15 is 0 Å². The summed E-state index contributed by atoms with van der Waals surface area (Å²) >= 11 is 0. The van der Waals surface area contributed by atoms with Crippen LogP contribution in [0.3, 0.4) is 0 Å². The van der Waals surface area contributed by atoms with Gasteiger partial charge in [0.25, 0.3) is 5.91 Å². The monoisotopic (exact) mass is 353 g/mol. The van der Waals surface area contributed by atoms with Crippen molar-refractivity contribution < 1.29 is 9.59 Å². The van der Waals surface area contributed by atoms with Gasteiger partial charge in [0.1, 0.15) is 0 Å². The number of nitrogens with two attached hydrogens (primary N) is 1. The Morgan fingerprint density at radius 3 is 2.04 bits per heavy atom. The summed E-state index contributed by atoms with van der Waals surface area (Å²) < 4.78 is 0. The van der Waals surface area contributed by atoms with Crippen LogP contribution in [-0.4, -0.2) is 18.4 Å². The third-order valence-corrected chi connectivity index (χ3v) is 5.09. The summed E-state index contributed by atoms with van der Waals surface area (Å²) in [7, 11) is 0. The van der Waals surface area contributed by atoms with Crippen LogP contribution in [0.4, 0.5) is 11.4 Å². The molecule has 5 heteroatoms. The van der Waals surface area contributed by atoms with Gasteiger partial charge >= 0.3 is 0 Å². The van der Waals surface area contributed by atoms with Gasteiger partial charge in [-0.2, -0.15) is 0 Å². The average Bonchev–Trinajstić information content (AvgIpc) is 2.67. The molecule has 0 aliphatic heterocycles. The lowest BCUT2D eigenvalue weighted by Gasteiger charge is -2.29. The van der Waals surface area contributed by atoms with Gasteiger partial charge in [-0.15, -0.1) is 0 Å². The first-order valence-corrected chi connectivity index (χ1v) is 8.95. The Kier molecular flexibility index (Phi) is 6.52. The van der Waals surface area contributed by atoms with Crippen LogP contribution in [-0.2, 0) is 4.79 Å². The number of benzene rings is 2. The highest BCUT2D eigenvalue weighted by molar-refractivity contribution is 6.05. The first-order valence-electron chi connectivity index (χ1n) is 8.95. The maximum Gasteiger partial charge on any atom is 0.255 e. The summed E-state index contributed by atoms with van der Waals surface area (Å²) in [6.07, 6.45) is 1.35. The number of nitrogens with one attached hydrogen (secondary N) is 2. The molecular weight excluding hydrogens is 326 g/mol.